The maximum atomic E-state index is 13.4. The van der Waals surface area contributed by atoms with Crippen LogP contribution in [0.2, 0.25) is 0 Å². The van der Waals surface area contributed by atoms with Crippen molar-refractivity contribution >= 4 is 23.7 Å². The summed E-state index contributed by atoms with van der Waals surface area (Å²) in [6, 6.07) is 17.0. The molecule has 1 atom stereocenters. The van der Waals surface area contributed by atoms with Crippen molar-refractivity contribution in [3.8, 4) is 5.75 Å². The smallest absolute Gasteiger partial charge is 0.338 e. The highest BCUT2D eigenvalue weighted by atomic mass is 32.2. The molecule has 0 saturated heterocycles. The van der Waals surface area contributed by atoms with Gasteiger partial charge in [-0.05, 0) is 43.0 Å². The van der Waals surface area contributed by atoms with Gasteiger partial charge in [0.1, 0.15) is 18.4 Å². The molecule has 0 fully saturated rings. The van der Waals surface area contributed by atoms with Crippen LogP contribution in [0, 0.1) is 0 Å². The van der Waals surface area contributed by atoms with E-state index >= 15 is 0 Å². The lowest BCUT2D eigenvalue weighted by Gasteiger charge is -2.28. The number of thioether (sulfide) groups is 1. The number of fused-ring (bicyclic) bond motifs is 1. The molecular weight excluding hydrogens is 460 g/mol. The first-order valence-corrected chi connectivity index (χ1v) is 13.1. The van der Waals surface area contributed by atoms with Crippen molar-refractivity contribution in [3.63, 3.8) is 0 Å². The second-order valence-electron chi connectivity index (χ2n) is 8.41. The van der Waals surface area contributed by atoms with Gasteiger partial charge in [0.05, 0.1) is 12.2 Å². The molecule has 35 heavy (non-hydrogen) atoms. The molecule has 0 amide bonds. The molecule has 0 aliphatic carbocycles. The molecule has 4 rings (SSSR count). The van der Waals surface area contributed by atoms with Crippen molar-refractivity contribution in [2.45, 2.75) is 57.8 Å². The third-order valence-corrected chi connectivity index (χ3v) is 6.57. The number of carbonyl (C=O) groups excluding carboxylic acids is 1. The average molecular weight is 493 g/mol. The summed E-state index contributed by atoms with van der Waals surface area (Å²) in [6.07, 6.45) is 3.12. The summed E-state index contributed by atoms with van der Waals surface area (Å²) in [6.45, 7) is 6.95. The van der Waals surface area contributed by atoms with Gasteiger partial charge in [0, 0.05) is 11.4 Å². The number of esters is 1. The highest BCUT2D eigenvalue weighted by Crippen LogP contribution is 2.38. The zero-order chi connectivity index (χ0) is 24.6. The molecule has 2 heterocycles. The normalized spacial score (nSPS) is 14.9. The highest BCUT2D eigenvalue weighted by Gasteiger charge is 2.35. The third-order valence-electron chi connectivity index (χ3n) is 5.64. The third kappa shape index (κ3) is 6.06. The molecule has 1 aliphatic heterocycles. The van der Waals surface area contributed by atoms with E-state index in [-0.39, 0.29) is 12.6 Å². The van der Waals surface area contributed by atoms with Crippen LogP contribution in [0.15, 0.2) is 71.0 Å². The van der Waals surface area contributed by atoms with Crippen molar-refractivity contribution in [1.82, 2.24) is 14.8 Å². The average Bonchev–Trinajstić information content (AvgIpc) is 3.28. The zero-order valence-corrected chi connectivity index (χ0v) is 21.3. The second kappa shape index (κ2) is 11.9. The first kappa shape index (κ1) is 24.9. The summed E-state index contributed by atoms with van der Waals surface area (Å²) in [5.41, 5.74) is 3.04. The minimum Gasteiger partial charge on any atom is -0.494 e. The molecule has 1 aromatic heterocycles. The van der Waals surface area contributed by atoms with E-state index in [1.807, 2.05) is 61.5 Å². The summed E-state index contributed by atoms with van der Waals surface area (Å²) >= 11 is 1.63. The second-order valence-corrected chi connectivity index (χ2v) is 9.48. The van der Waals surface area contributed by atoms with Gasteiger partial charge in [-0.25, -0.2) is 9.48 Å². The summed E-state index contributed by atoms with van der Waals surface area (Å²) in [5, 5.41) is 8.74. The summed E-state index contributed by atoms with van der Waals surface area (Å²) < 4.78 is 13.4. The molecule has 2 aromatic carbocycles. The van der Waals surface area contributed by atoms with E-state index in [1.165, 1.54) is 0 Å². The van der Waals surface area contributed by atoms with Crippen molar-refractivity contribution in [1.29, 1.82) is 0 Å². The number of nitrogens with zero attached hydrogens (tertiary/aromatic N) is 3. The Morgan fingerprint density at radius 2 is 1.94 bits per heavy atom. The Balaban J connectivity index is 1.67. The Morgan fingerprint density at radius 3 is 2.71 bits per heavy atom. The number of hydrogen-bond acceptors (Lipinski definition) is 7. The molecule has 0 spiro atoms. The van der Waals surface area contributed by atoms with Gasteiger partial charge in [0.15, 0.2) is 0 Å². The quantitative estimate of drug-likeness (QED) is 0.200. The van der Waals surface area contributed by atoms with Crippen LogP contribution in [-0.2, 0) is 16.1 Å². The number of ether oxygens (including phenoxy) is 2. The number of nitrogens with one attached hydrogen (secondary N) is 1. The predicted octanol–water partition coefficient (Wildman–Crippen LogP) is 5.99. The van der Waals surface area contributed by atoms with Crippen LogP contribution in [-0.4, -0.2) is 33.1 Å². The minimum absolute atomic E-state index is 0.200. The Morgan fingerprint density at radius 1 is 1.11 bits per heavy atom. The van der Waals surface area contributed by atoms with E-state index in [9.17, 15) is 4.79 Å². The van der Waals surface area contributed by atoms with Gasteiger partial charge in [-0.3, -0.25) is 0 Å². The molecule has 3 aromatic rings. The monoisotopic (exact) mass is 492 g/mol. The van der Waals surface area contributed by atoms with Gasteiger partial charge < -0.3 is 14.8 Å². The van der Waals surface area contributed by atoms with Crippen molar-refractivity contribution in [2.24, 2.45) is 0 Å². The van der Waals surface area contributed by atoms with E-state index < -0.39 is 6.04 Å². The van der Waals surface area contributed by atoms with Gasteiger partial charge in [-0.15, -0.1) is 5.10 Å². The van der Waals surface area contributed by atoms with Gasteiger partial charge in [-0.2, -0.15) is 4.98 Å². The molecule has 7 nitrogen and oxygen atoms in total. The standard InChI is InChI=1S/C27H32N4O3S/c1-4-6-16-35-27-29-26-28-19(3)23(25(32)34-18-20-11-8-7-9-12-20)24(31(26)30-27)21-13-10-14-22(17-21)33-15-5-2/h7-14,17,24H,4-6,15-16,18H2,1-3H3,(H,28,29,30). The lowest BCUT2D eigenvalue weighted by molar-refractivity contribution is -0.140. The van der Waals surface area contributed by atoms with Crippen LogP contribution >= 0.6 is 11.8 Å². The first-order chi connectivity index (χ1) is 17.1. The van der Waals surface area contributed by atoms with E-state index in [1.54, 1.807) is 16.4 Å². The van der Waals surface area contributed by atoms with Crippen LogP contribution in [0.1, 0.15) is 57.2 Å². The van der Waals surface area contributed by atoms with Gasteiger partial charge >= 0.3 is 5.97 Å². The largest absolute Gasteiger partial charge is 0.494 e. The van der Waals surface area contributed by atoms with Gasteiger partial charge in [0.2, 0.25) is 11.1 Å². The van der Waals surface area contributed by atoms with Crippen LogP contribution in [0.5, 0.6) is 5.75 Å². The highest BCUT2D eigenvalue weighted by molar-refractivity contribution is 7.99. The lowest BCUT2D eigenvalue weighted by Crippen LogP contribution is -2.29. The van der Waals surface area contributed by atoms with E-state index in [0.29, 0.717) is 29.0 Å². The molecule has 1 N–H and O–H groups in total. The molecule has 0 radical (unpaired) electrons. The number of rotatable bonds is 11. The van der Waals surface area contributed by atoms with Crippen molar-refractivity contribution < 1.29 is 14.3 Å². The number of aromatic nitrogens is 3. The zero-order valence-electron chi connectivity index (χ0n) is 20.5. The SMILES string of the molecule is CCCCSc1nc2n(n1)C(c1cccc(OCCC)c1)C(C(=O)OCc1ccccc1)=C(C)N2. The van der Waals surface area contributed by atoms with Crippen LogP contribution in [0.3, 0.4) is 0 Å². The Bertz CT molecular complexity index is 1180. The maximum absolute atomic E-state index is 13.4. The fourth-order valence-corrected chi connectivity index (χ4v) is 4.78. The number of carbonyl (C=O) groups is 1. The number of benzene rings is 2. The molecular formula is C27H32N4O3S. The van der Waals surface area contributed by atoms with Crippen LogP contribution in [0.4, 0.5) is 5.95 Å². The van der Waals surface area contributed by atoms with Crippen molar-refractivity contribution in [2.75, 3.05) is 17.7 Å². The number of anilines is 1. The van der Waals surface area contributed by atoms with Gasteiger partial charge in [-0.1, -0.05) is 74.5 Å². The predicted molar refractivity (Wildman–Crippen MR) is 139 cm³/mol. The van der Waals surface area contributed by atoms with Gasteiger partial charge in [0.25, 0.3) is 0 Å². The fourth-order valence-electron chi connectivity index (χ4n) is 3.87. The summed E-state index contributed by atoms with van der Waals surface area (Å²) in [4.78, 5) is 18.1. The first-order valence-electron chi connectivity index (χ1n) is 12.1. The Hall–Kier alpha value is -3.26. The molecule has 0 saturated carbocycles. The number of allylic oxidation sites excluding steroid dienone is 1. The maximum Gasteiger partial charge on any atom is 0.338 e. The van der Waals surface area contributed by atoms with Crippen molar-refractivity contribution in [3.05, 3.63) is 77.0 Å². The summed E-state index contributed by atoms with van der Waals surface area (Å²) in [7, 11) is 0. The van der Waals surface area contributed by atoms with Crippen LogP contribution in [0.25, 0.3) is 0 Å². The lowest BCUT2D eigenvalue weighted by atomic mass is 9.95. The van der Waals surface area contributed by atoms with E-state index in [2.05, 4.69) is 19.2 Å². The molecule has 1 aliphatic rings. The molecule has 0 bridgehead atoms. The fraction of sp³-hybridized carbons (Fsp3) is 0.370. The number of hydrogen-bond donors (Lipinski definition) is 1. The number of unbranched alkanes of at least 4 members (excludes halogenated alkanes) is 1. The van der Waals surface area contributed by atoms with E-state index in [0.717, 1.165) is 41.9 Å². The Kier molecular flexibility index (Phi) is 8.47. The molecule has 184 valence electrons. The van der Waals surface area contributed by atoms with Crippen LogP contribution < -0.4 is 10.1 Å². The molecule has 1 unspecified atom stereocenters. The minimum atomic E-state index is -0.479. The van der Waals surface area contributed by atoms with E-state index in [4.69, 9.17) is 19.6 Å². The topological polar surface area (TPSA) is 78.3 Å². The molecule has 8 heteroatoms. The Labute approximate surface area is 210 Å². The summed E-state index contributed by atoms with van der Waals surface area (Å²) in [5.74, 6) is 1.94.